The van der Waals surface area contributed by atoms with Crippen LogP contribution in [0.4, 0.5) is 5.82 Å². The van der Waals surface area contributed by atoms with Gasteiger partial charge in [-0.2, -0.15) is 12.6 Å². The Kier molecular flexibility index (Phi) is 2.89. The van der Waals surface area contributed by atoms with Gasteiger partial charge in [-0.3, -0.25) is 9.69 Å². The lowest BCUT2D eigenvalue weighted by atomic mass is 10.3. The van der Waals surface area contributed by atoms with Crippen LogP contribution < -0.4 is 4.90 Å². The van der Waals surface area contributed by atoms with Crippen LogP contribution >= 0.6 is 24.2 Å². The Morgan fingerprint density at radius 2 is 2.33 bits per heavy atom. The fourth-order valence-electron chi connectivity index (χ4n) is 1.55. The summed E-state index contributed by atoms with van der Waals surface area (Å²) in [7, 11) is 0. The number of nitrogens with zero attached hydrogens (tertiary/aromatic N) is 2. The van der Waals surface area contributed by atoms with E-state index in [4.69, 9.17) is 11.6 Å². The van der Waals surface area contributed by atoms with E-state index < -0.39 is 0 Å². The van der Waals surface area contributed by atoms with Crippen LogP contribution in [0.3, 0.4) is 0 Å². The van der Waals surface area contributed by atoms with Gasteiger partial charge in [-0.05, 0) is 18.6 Å². The minimum absolute atomic E-state index is 0.0578. The van der Waals surface area contributed by atoms with Crippen LogP contribution in [0, 0.1) is 6.92 Å². The van der Waals surface area contributed by atoms with Gasteiger partial charge in [-0.15, -0.1) is 0 Å². The number of amides is 1. The predicted molar refractivity (Wildman–Crippen MR) is 63.7 cm³/mol. The van der Waals surface area contributed by atoms with E-state index in [1.807, 2.05) is 19.1 Å². The molecule has 0 aliphatic carbocycles. The smallest absolute Gasteiger partial charge is 0.229 e. The summed E-state index contributed by atoms with van der Waals surface area (Å²) in [5.41, 5.74) is 0.912. The summed E-state index contributed by atoms with van der Waals surface area (Å²) < 4.78 is 0. The van der Waals surface area contributed by atoms with Gasteiger partial charge in [0.1, 0.15) is 11.0 Å². The molecule has 0 aromatic carbocycles. The number of pyridine rings is 1. The maximum absolute atomic E-state index is 11.6. The summed E-state index contributed by atoms with van der Waals surface area (Å²) in [4.78, 5) is 17.4. The SMILES string of the molecule is Cc1ccc(N2CC(S)CC2=O)nc1Cl. The summed E-state index contributed by atoms with van der Waals surface area (Å²) in [6, 6.07) is 3.68. The van der Waals surface area contributed by atoms with Gasteiger partial charge in [0.05, 0.1) is 0 Å². The average Bonchev–Trinajstić information content (AvgIpc) is 2.50. The molecule has 0 N–H and O–H groups in total. The Morgan fingerprint density at radius 1 is 1.60 bits per heavy atom. The van der Waals surface area contributed by atoms with Crippen molar-refractivity contribution in [1.29, 1.82) is 0 Å². The van der Waals surface area contributed by atoms with Crippen molar-refractivity contribution in [2.75, 3.05) is 11.4 Å². The largest absolute Gasteiger partial charge is 0.296 e. The topological polar surface area (TPSA) is 33.2 Å². The van der Waals surface area contributed by atoms with Crippen LogP contribution in [0.2, 0.25) is 5.15 Å². The number of carbonyl (C=O) groups excluding carboxylic acids is 1. The molecule has 1 fully saturated rings. The lowest BCUT2D eigenvalue weighted by Gasteiger charge is -2.15. The Labute approximate surface area is 98.8 Å². The number of aromatic nitrogens is 1. The van der Waals surface area contributed by atoms with Crippen molar-refractivity contribution in [2.45, 2.75) is 18.6 Å². The number of hydrogen-bond acceptors (Lipinski definition) is 3. The minimum Gasteiger partial charge on any atom is -0.296 e. The van der Waals surface area contributed by atoms with Crippen LogP contribution in [-0.4, -0.2) is 22.7 Å². The van der Waals surface area contributed by atoms with Crippen molar-refractivity contribution in [3.63, 3.8) is 0 Å². The molecule has 2 rings (SSSR count). The van der Waals surface area contributed by atoms with Crippen molar-refractivity contribution >= 4 is 36.0 Å². The number of rotatable bonds is 1. The highest BCUT2D eigenvalue weighted by Gasteiger charge is 2.29. The predicted octanol–water partition coefficient (Wildman–Crippen LogP) is 2.08. The van der Waals surface area contributed by atoms with Gasteiger partial charge in [0, 0.05) is 18.2 Å². The molecule has 0 saturated carbocycles. The van der Waals surface area contributed by atoms with Crippen molar-refractivity contribution in [3.8, 4) is 0 Å². The van der Waals surface area contributed by atoms with Crippen LogP contribution in [0.25, 0.3) is 0 Å². The number of hydrogen-bond donors (Lipinski definition) is 1. The van der Waals surface area contributed by atoms with Gasteiger partial charge in [0.2, 0.25) is 5.91 Å². The molecule has 5 heteroatoms. The van der Waals surface area contributed by atoms with Crippen molar-refractivity contribution in [2.24, 2.45) is 0 Å². The van der Waals surface area contributed by atoms with E-state index in [9.17, 15) is 4.79 Å². The third kappa shape index (κ3) is 2.11. The molecule has 1 unspecified atom stereocenters. The van der Waals surface area contributed by atoms with E-state index >= 15 is 0 Å². The van der Waals surface area contributed by atoms with Crippen LogP contribution in [0.5, 0.6) is 0 Å². The third-order valence-electron chi connectivity index (χ3n) is 2.40. The van der Waals surface area contributed by atoms with E-state index in [2.05, 4.69) is 17.6 Å². The maximum atomic E-state index is 11.6. The summed E-state index contributed by atoms with van der Waals surface area (Å²) in [6.07, 6.45) is 0.469. The number of carbonyl (C=O) groups is 1. The van der Waals surface area contributed by atoms with Crippen molar-refractivity contribution in [1.82, 2.24) is 4.98 Å². The highest BCUT2D eigenvalue weighted by molar-refractivity contribution is 7.81. The molecule has 1 aliphatic heterocycles. The molecule has 2 heterocycles. The minimum atomic E-state index is 0.0578. The Morgan fingerprint density at radius 3 is 2.87 bits per heavy atom. The zero-order chi connectivity index (χ0) is 11.0. The second-order valence-electron chi connectivity index (χ2n) is 3.64. The average molecular weight is 243 g/mol. The maximum Gasteiger partial charge on any atom is 0.229 e. The molecule has 1 aromatic heterocycles. The van der Waals surface area contributed by atoms with Gasteiger partial charge < -0.3 is 0 Å². The molecule has 0 bridgehead atoms. The number of aryl methyl sites for hydroxylation is 1. The molecule has 3 nitrogen and oxygen atoms in total. The molecule has 1 atom stereocenters. The molecule has 80 valence electrons. The van der Waals surface area contributed by atoms with Crippen LogP contribution in [0.15, 0.2) is 12.1 Å². The van der Waals surface area contributed by atoms with E-state index in [1.54, 1.807) is 4.90 Å². The first-order valence-electron chi connectivity index (χ1n) is 4.69. The molecular formula is C10H11ClN2OS. The monoisotopic (exact) mass is 242 g/mol. The Hall–Kier alpha value is -0.740. The zero-order valence-corrected chi connectivity index (χ0v) is 9.92. The Bertz CT molecular complexity index is 410. The van der Waals surface area contributed by atoms with E-state index in [0.29, 0.717) is 23.9 Å². The molecular weight excluding hydrogens is 232 g/mol. The van der Waals surface area contributed by atoms with Gasteiger partial charge >= 0.3 is 0 Å². The van der Waals surface area contributed by atoms with Crippen molar-refractivity contribution in [3.05, 3.63) is 22.8 Å². The Balaban J connectivity index is 2.30. The molecule has 0 radical (unpaired) electrons. The first-order chi connectivity index (χ1) is 7.08. The van der Waals surface area contributed by atoms with Gasteiger partial charge in [-0.25, -0.2) is 4.98 Å². The van der Waals surface area contributed by atoms with Crippen molar-refractivity contribution < 1.29 is 4.79 Å². The third-order valence-corrected chi connectivity index (χ3v) is 3.13. The fourth-order valence-corrected chi connectivity index (χ4v) is 2.02. The molecule has 0 spiro atoms. The summed E-state index contributed by atoms with van der Waals surface area (Å²) >= 11 is 10.2. The van der Waals surface area contributed by atoms with E-state index in [-0.39, 0.29) is 11.2 Å². The molecule has 1 saturated heterocycles. The second-order valence-corrected chi connectivity index (χ2v) is 4.73. The lowest BCUT2D eigenvalue weighted by molar-refractivity contribution is -0.117. The highest BCUT2D eigenvalue weighted by Crippen LogP contribution is 2.24. The zero-order valence-electron chi connectivity index (χ0n) is 8.27. The summed E-state index contributed by atoms with van der Waals surface area (Å²) in [6.45, 7) is 2.49. The quantitative estimate of drug-likeness (QED) is 0.604. The number of halogens is 1. The van der Waals surface area contributed by atoms with Crippen LogP contribution in [-0.2, 0) is 4.79 Å². The molecule has 1 aliphatic rings. The van der Waals surface area contributed by atoms with Crippen LogP contribution in [0.1, 0.15) is 12.0 Å². The normalized spacial score (nSPS) is 21.1. The lowest BCUT2D eigenvalue weighted by Crippen LogP contribution is -2.25. The standard InChI is InChI=1S/C10H11ClN2OS/c1-6-2-3-8(12-10(6)11)13-5-7(15)4-9(13)14/h2-3,7,15H,4-5H2,1H3. The van der Waals surface area contributed by atoms with Gasteiger partial charge in [0.15, 0.2) is 0 Å². The molecule has 1 amide bonds. The molecule has 15 heavy (non-hydrogen) atoms. The first kappa shape index (κ1) is 10.8. The number of anilines is 1. The highest BCUT2D eigenvalue weighted by atomic mass is 35.5. The summed E-state index contributed by atoms with van der Waals surface area (Å²) in [5, 5.41) is 0.544. The van der Waals surface area contributed by atoms with E-state index in [1.165, 1.54) is 0 Å². The number of thiol groups is 1. The second kappa shape index (κ2) is 4.02. The van der Waals surface area contributed by atoms with E-state index in [0.717, 1.165) is 5.56 Å². The fraction of sp³-hybridized carbons (Fsp3) is 0.400. The molecule has 1 aromatic rings. The summed E-state index contributed by atoms with van der Waals surface area (Å²) in [5.74, 6) is 0.676. The first-order valence-corrected chi connectivity index (χ1v) is 5.59. The van der Waals surface area contributed by atoms with Gasteiger partial charge in [0.25, 0.3) is 0 Å². The van der Waals surface area contributed by atoms with Gasteiger partial charge in [-0.1, -0.05) is 17.7 Å².